The lowest BCUT2D eigenvalue weighted by atomic mass is 9.73. The summed E-state index contributed by atoms with van der Waals surface area (Å²) in [5, 5.41) is 3.66. The first-order chi connectivity index (χ1) is 16.1. The fourth-order valence-corrected chi connectivity index (χ4v) is 5.02. The summed E-state index contributed by atoms with van der Waals surface area (Å²) in [4.78, 5) is 21.2. The van der Waals surface area contributed by atoms with E-state index >= 15 is 0 Å². The fraction of sp³-hybridized carbons (Fsp3) is 0.308. The van der Waals surface area contributed by atoms with E-state index in [1.165, 1.54) is 12.0 Å². The molecule has 0 bridgehead atoms. The van der Waals surface area contributed by atoms with E-state index in [0.717, 1.165) is 56.3 Å². The molecule has 0 radical (unpaired) electrons. The third-order valence-corrected chi connectivity index (χ3v) is 6.59. The second-order valence-electron chi connectivity index (χ2n) is 9.05. The van der Waals surface area contributed by atoms with Gasteiger partial charge in [0.05, 0.1) is 11.9 Å². The van der Waals surface area contributed by atoms with Crippen molar-refractivity contribution >= 4 is 23.3 Å². The number of likely N-dealkylation sites (tertiary alicyclic amines) is 2. The molecule has 2 aliphatic heterocycles. The maximum atomic E-state index is 12.7. The molecular formula is C26H27ClN4O2. The lowest BCUT2D eigenvalue weighted by Crippen LogP contribution is -2.63. The van der Waals surface area contributed by atoms with Crippen LogP contribution in [-0.2, 0) is 6.54 Å². The third-order valence-electron chi connectivity index (χ3n) is 6.33. The van der Waals surface area contributed by atoms with E-state index in [0.29, 0.717) is 5.02 Å². The topological polar surface area (TPSA) is 57.7 Å². The summed E-state index contributed by atoms with van der Waals surface area (Å²) in [7, 11) is 0. The number of anilines is 1. The molecule has 7 heteroatoms. The smallest absolute Gasteiger partial charge is 0.321 e. The van der Waals surface area contributed by atoms with Gasteiger partial charge in [0.2, 0.25) is 0 Å². The van der Waals surface area contributed by atoms with Gasteiger partial charge in [-0.05, 0) is 66.9 Å². The number of benzene rings is 2. The van der Waals surface area contributed by atoms with Gasteiger partial charge in [0.15, 0.2) is 0 Å². The summed E-state index contributed by atoms with van der Waals surface area (Å²) in [6.45, 7) is 4.49. The molecule has 0 saturated carbocycles. The van der Waals surface area contributed by atoms with Gasteiger partial charge in [0, 0.05) is 49.4 Å². The van der Waals surface area contributed by atoms with Gasteiger partial charge in [-0.3, -0.25) is 9.88 Å². The van der Waals surface area contributed by atoms with Crippen LogP contribution in [0.3, 0.4) is 0 Å². The van der Waals surface area contributed by atoms with Crippen LogP contribution in [0.25, 0.3) is 0 Å². The Kier molecular flexibility index (Phi) is 6.20. The monoisotopic (exact) mass is 462 g/mol. The number of carbonyl (C=O) groups is 1. The molecule has 5 rings (SSSR count). The number of nitrogens with zero attached hydrogens (tertiary/aromatic N) is 3. The van der Waals surface area contributed by atoms with E-state index in [4.69, 9.17) is 16.3 Å². The second-order valence-corrected chi connectivity index (χ2v) is 9.48. The number of rotatable bonds is 5. The van der Waals surface area contributed by atoms with Crippen molar-refractivity contribution in [2.75, 3.05) is 31.5 Å². The Balaban J connectivity index is 1.15. The van der Waals surface area contributed by atoms with Crippen molar-refractivity contribution in [2.45, 2.75) is 19.4 Å². The van der Waals surface area contributed by atoms with E-state index in [1.54, 1.807) is 12.4 Å². The fourth-order valence-electron chi connectivity index (χ4n) is 4.90. The highest BCUT2D eigenvalue weighted by Gasteiger charge is 2.46. The predicted molar refractivity (Wildman–Crippen MR) is 130 cm³/mol. The largest absolute Gasteiger partial charge is 0.457 e. The van der Waals surface area contributed by atoms with Gasteiger partial charge < -0.3 is 15.0 Å². The summed E-state index contributed by atoms with van der Waals surface area (Å²) >= 11 is 5.96. The SMILES string of the molecule is O=C(Nc1cccnc1)N1CCCC2(CN(Cc3cccc(Oc4ccc(Cl)cc4)c3)C2)C1. The number of hydrogen-bond donors (Lipinski definition) is 1. The molecule has 2 fully saturated rings. The minimum Gasteiger partial charge on any atom is -0.457 e. The molecule has 1 spiro atoms. The zero-order valence-corrected chi connectivity index (χ0v) is 19.2. The van der Waals surface area contributed by atoms with Gasteiger partial charge >= 0.3 is 6.03 Å². The number of amides is 2. The first-order valence-corrected chi connectivity index (χ1v) is 11.7. The van der Waals surface area contributed by atoms with Crippen molar-refractivity contribution in [3.63, 3.8) is 0 Å². The summed E-state index contributed by atoms with van der Waals surface area (Å²) in [6.07, 6.45) is 5.58. The average molecular weight is 463 g/mol. The summed E-state index contributed by atoms with van der Waals surface area (Å²) in [5.74, 6) is 1.59. The lowest BCUT2D eigenvalue weighted by Gasteiger charge is -2.54. The normalized spacial score (nSPS) is 17.4. The average Bonchev–Trinajstić information content (AvgIpc) is 2.81. The molecule has 1 aromatic heterocycles. The van der Waals surface area contributed by atoms with Crippen molar-refractivity contribution in [1.82, 2.24) is 14.8 Å². The van der Waals surface area contributed by atoms with E-state index in [1.807, 2.05) is 53.4 Å². The standard InChI is InChI=1S/C26H27ClN4O2/c27-21-7-9-23(10-8-21)33-24-6-1-4-20(14-24)16-30-17-26(18-30)11-3-13-31(19-26)25(32)29-22-5-2-12-28-15-22/h1-2,4-10,12,14-15H,3,11,13,16-19H2,(H,29,32). The van der Waals surface area contributed by atoms with E-state index in [2.05, 4.69) is 27.3 Å². The number of nitrogens with one attached hydrogen (secondary N) is 1. The maximum absolute atomic E-state index is 12.7. The Labute approximate surface area is 199 Å². The molecule has 170 valence electrons. The number of urea groups is 1. The van der Waals surface area contributed by atoms with Crippen molar-refractivity contribution in [1.29, 1.82) is 0 Å². The molecule has 3 aromatic rings. The van der Waals surface area contributed by atoms with Gasteiger partial charge in [-0.1, -0.05) is 23.7 Å². The highest BCUT2D eigenvalue weighted by atomic mass is 35.5. The molecule has 0 atom stereocenters. The zero-order valence-electron chi connectivity index (χ0n) is 18.4. The molecule has 3 heterocycles. The molecule has 0 aliphatic carbocycles. The van der Waals surface area contributed by atoms with Crippen LogP contribution in [0.4, 0.5) is 10.5 Å². The van der Waals surface area contributed by atoms with Crippen LogP contribution in [0.5, 0.6) is 11.5 Å². The van der Waals surface area contributed by atoms with Crippen LogP contribution in [0, 0.1) is 5.41 Å². The van der Waals surface area contributed by atoms with Gasteiger partial charge in [-0.15, -0.1) is 0 Å². The Hall–Kier alpha value is -3.09. The maximum Gasteiger partial charge on any atom is 0.321 e. The Bertz CT molecular complexity index is 1100. The number of carbonyl (C=O) groups excluding carboxylic acids is 1. The number of aromatic nitrogens is 1. The molecule has 33 heavy (non-hydrogen) atoms. The summed E-state index contributed by atoms with van der Waals surface area (Å²) in [5.41, 5.74) is 2.15. The summed E-state index contributed by atoms with van der Waals surface area (Å²) < 4.78 is 5.97. The van der Waals surface area contributed by atoms with Crippen LogP contribution in [0.15, 0.2) is 73.1 Å². The molecule has 1 N–H and O–H groups in total. The minimum absolute atomic E-state index is 0.0347. The van der Waals surface area contributed by atoms with Crippen LogP contribution < -0.4 is 10.1 Å². The Morgan fingerprint density at radius 2 is 1.91 bits per heavy atom. The predicted octanol–water partition coefficient (Wildman–Crippen LogP) is 5.66. The minimum atomic E-state index is -0.0347. The van der Waals surface area contributed by atoms with E-state index in [9.17, 15) is 4.79 Å². The Morgan fingerprint density at radius 1 is 1.06 bits per heavy atom. The molecule has 6 nitrogen and oxygen atoms in total. The number of piperidine rings is 1. The number of hydrogen-bond acceptors (Lipinski definition) is 4. The van der Waals surface area contributed by atoms with E-state index in [-0.39, 0.29) is 11.4 Å². The molecule has 2 aromatic carbocycles. The van der Waals surface area contributed by atoms with Crippen LogP contribution >= 0.6 is 11.6 Å². The van der Waals surface area contributed by atoms with Crippen molar-refractivity contribution in [3.05, 3.63) is 83.6 Å². The third kappa shape index (κ3) is 5.29. The second kappa shape index (κ2) is 9.41. The van der Waals surface area contributed by atoms with E-state index < -0.39 is 0 Å². The van der Waals surface area contributed by atoms with Gasteiger partial charge in [-0.25, -0.2) is 4.79 Å². The number of ether oxygens (including phenoxy) is 1. The van der Waals surface area contributed by atoms with Gasteiger partial charge in [-0.2, -0.15) is 0 Å². The molecule has 2 saturated heterocycles. The Morgan fingerprint density at radius 3 is 2.70 bits per heavy atom. The lowest BCUT2D eigenvalue weighted by molar-refractivity contribution is -0.0475. The first-order valence-electron chi connectivity index (χ1n) is 11.3. The first kappa shape index (κ1) is 21.7. The van der Waals surface area contributed by atoms with Gasteiger partial charge in [0.1, 0.15) is 11.5 Å². The quantitative estimate of drug-likeness (QED) is 0.531. The number of halogens is 1. The molecule has 2 amide bonds. The van der Waals surface area contributed by atoms with Crippen molar-refractivity contribution in [2.24, 2.45) is 5.41 Å². The highest BCUT2D eigenvalue weighted by Crippen LogP contribution is 2.40. The van der Waals surface area contributed by atoms with Gasteiger partial charge in [0.25, 0.3) is 0 Å². The highest BCUT2D eigenvalue weighted by molar-refractivity contribution is 6.30. The molecule has 2 aliphatic rings. The van der Waals surface area contributed by atoms with Crippen LogP contribution in [0.2, 0.25) is 5.02 Å². The van der Waals surface area contributed by atoms with Crippen LogP contribution in [0.1, 0.15) is 18.4 Å². The number of pyridine rings is 1. The van der Waals surface area contributed by atoms with Crippen molar-refractivity contribution in [3.8, 4) is 11.5 Å². The molecular weight excluding hydrogens is 436 g/mol. The van der Waals surface area contributed by atoms with Crippen LogP contribution in [-0.4, -0.2) is 47.0 Å². The summed E-state index contributed by atoms with van der Waals surface area (Å²) in [6, 6.07) is 19.3. The zero-order chi connectivity index (χ0) is 22.7. The molecule has 0 unspecified atom stereocenters. The van der Waals surface area contributed by atoms with Crippen molar-refractivity contribution < 1.29 is 9.53 Å².